The Morgan fingerprint density at radius 2 is 2.20 bits per heavy atom. The molecule has 152 valence electrons. The second kappa shape index (κ2) is 7.38. The fourth-order valence-corrected chi connectivity index (χ4v) is 3.57. The molecular weight excluding hydrogens is 402 g/mol. The lowest BCUT2D eigenvalue weighted by molar-refractivity contribution is 0.454. The van der Waals surface area contributed by atoms with Gasteiger partial charge in [-0.3, -0.25) is 9.98 Å². The molecule has 0 spiro atoms. The van der Waals surface area contributed by atoms with E-state index in [0.29, 0.717) is 28.2 Å². The summed E-state index contributed by atoms with van der Waals surface area (Å²) in [4.78, 5) is 26.9. The highest BCUT2D eigenvalue weighted by Crippen LogP contribution is 2.23. The summed E-state index contributed by atoms with van der Waals surface area (Å²) in [5.41, 5.74) is 1.99. The number of fused-ring (bicyclic) bond motifs is 1. The van der Waals surface area contributed by atoms with Gasteiger partial charge in [-0.25, -0.2) is 9.78 Å². The van der Waals surface area contributed by atoms with E-state index in [-0.39, 0.29) is 11.6 Å². The monoisotopic (exact) mass is 421 g/mol. The number of rotatable bonds is 5. The third kappa shape index (κ3) is 3.69. The number of anilines is 2. The lowest BCUT2D eigenvalue weighted by Gasteiger charge is -2.07. The average Bonchev–Trinajstić information content (AvgIpc) is 3.37. The molecule has 30 heavy (non-hydrogen) atoms. The Morgan fingerprint density at radius 3 is 2.93 bits per heavy atom. The summed E-state index contributed by atoms with van der Waals surface area (Å²) >= 11 is 1.67. The van der Waals surface area contributed by atoms with Gasteiger partial charge in [0.2, 0.25) is 5.88 Å². The molecule has 4 aromatic rings. The van der Waals surface area contributed by atoms with Crippen LogP contribution in [-0.2, 0) is 0 Å². The van der Waals surface area contributed by atoms with Crippen molar-refractivity contribution in [1.29, 1.82) is 0 Å². The lowest BCUT2D eigenvalue weighted by atomic mass is 10.3. The molecule has 0 bridgehead atoms. The molecule has 0 radical (unpaired) electrons. The van der Waals surface area contributed by atoms with Crippen LogP contribution < -0.4 is 21.7 Å². The molecule has 1 fully saturated rings. The first-order valence-electron chi connectivity index (χ1n) is 9.46. The first-order chi connectivity index (χ1) is 14.6. The van der Waals surface area contributed by atoms with Crippen LogP contribution >= 0.6 is 11.8 Å². The maximum absolute atomic E-state index is 11.4. The van der Waals surface area contributed by atoms with E-state index >= 15 is 0 Å². The first kappa shape index (κ1) is 18.5. The van der Waals surface area contributed by atoms with Crippen molar-refractivity contribution >= 4 is 35.0 Å². The first-order valence-corrected chi connectivity index (χ1v) is 10.7. The minimum absolute atomic E-state index is 0.231. The summed E-state index contributed by atoms with van der Waals surface area (Å²) in [6.45, 7) is 0. The number of nitrogens with zero attached hydrogens (tertiary/aromatic N) is 4. The molecule has 3 heterocycles. The van der Waals surface area contributed by atoms with Gasteiger partial charge in [0.1, 0.15) is 11.5 Å². The minimum Gasteiger partial charge on any atom is -0.493 e. The Balaban J connectivity index is 1.66. The molecule has 10 heteroatoms. The summed E-state index contributed by atoms with van der Waals surface area (Å²) in [7, 11) is 0. The smallest absolute Gasteiger partial charge is 0.326 e. The largest absolute Gasteiger partial charge is 0.493 e. The zero-order chi connectivity index (χ0) is 20.7. The molecule has 9 nitrogen and oxygen atoms in total. The van der Waals surface area contributed by atoms with E-state index in [4.69, 9.17) is 9.98 Å². The van der Waals surface area contributed by atoms with Crippen LogP contribution in [0.3, 0.4) is 0 Å². The van der Waals surface area contributed by atoms with Crippen LogP contribution in [0.1, 0.15) is 18.5 Å². The number of hydrogen-bond donors (Lipinski definition) is 4. The molecule has 3 aromatic heterocycles. The topological polar surface area (TPSA) is 123 Å². The molecule has 1 saturated carbocycles. The van der Waals surface area contributed by atoms with Crippen molar-refractivity contribution in [3.63, 3.8) is 0 Å². The van der Waals surface area contributed by atoms with E-state index in [1.807, 2.05) is 24.5 Å². The third-order valence-electron chi connectivity index (χ3n) is 4.72. The molecule has 0 unspecified atom stereocenters. The van der Waals surface area contributed by atoms with Gasteiger partial charge in [0, 0.05) is 21.9 Å². The van der Waals surface area contributed by atoms with E-state index in [1.54, 1.807) is 28.6 Å². The van der Waals surface area contributed by atoms with Crippen LogP contribution in [-0.4, -0.2) is 42.0 Å². The maximum atomic E-state index is 11.4. The molecule has 4 N–H and O–H groups in total. The minimum atomic E-state index is -0.483. The van der Waals surface area contributed by atoms with Crippen LogP contribution in [0.2, 0.25) is 0 Å². The van der Waals surface area contributed by atoms with Crippen molar-refractivity contribution in [2.24, 2.45) is 4.99 Å². The molecule has 1 aliphatic rings. The quantitative estimate of drug-likeness (QED) is 0.362. The molecule has 0 saturated heterocycles. The van der Waals surface area contributed by atoms with Gasteiger partial charge in [-0.05, 0) is 43.4 Å². The van der Waals surface area contributed by atoms with Gasteiger partial charge < -0.3 is 15.4 Å². The van der Waals surface area contributed by atoms with Crippen molar-refractivity contribution in [2.75, 3.05) is 11.6 Å². The van der Waals surface area contributed by atoms with E-state index in [0.717, 1.165) is 23.4 Å². The molecule has 1 aliphatic carbocycles. The van der Waals surface area contributed by atoms with Gasteiger partial charge in [0.25, 0.3) is 0 Å². The zero-order valence-electron chi connectivity index (χ0n) is 16.1. The van der Waals surface area contributed by atoms with Gasteiger partial charge in [-0.15, -0.1) is 11.8 Å². The number of aromatic nitrogens is 5. The van der Waals surface area contributed by atoms with E-state index in [9.17, 15) is 9.90 Å². The average molecular weight is 421 g/mol. The number of thioether (sulfide) groups is 1. The SMILES string of the molecule is CSc1cccc(Nc2cc(=NC3CC3)n3nc/c(=C\c4[nH]c(=O)[nH]c4O)c3n2)c1. The van der Waals surface area contributed by atoms with Crippen LogP contribution in [0, 0.1) is 0 Å². The van der Waals surface area contributed by atoms with Crippen molar-refractivity contribution in [2.45, 2.75) is 23.8 Å². The Kier molecular flexibility index (Phi) is 4.55. The highest BCUT2D eigenvalue weighted by Gasteiger charge is 2.20. The summed E-state index contributed by atoms with van der Waals surface area (Å²) in [5.74, 6) is 0.410. The number of aromatic amines is 2. The Labute approximate surface area is 174 Å². The predicted octanol–water partition coefficient (Wildman–Crippen LogP) is 1.53. The Bertz CT molecular complexity index is 1420. The van der Waals surface area contributed by atoms with Crippen molar-refractivity contribution < 1.29 is 5.11 Å². The van der Waals surface area contributed by atoms with Gasteiger partial charge in [-0.2, -0.15) is 9.61 Å². The Hall–Kier alpha value is -3.53. The normalized spacial score (nSPS) is 15.2. The number of hydrogen-bond acceptors (Lipinski definition) is 7. The number of H-pyrrole nitrogens is 2. The number of benzene rings is 1. The van der Waals surface area contributed by atoms with Crippen molar-refractivity contribution in [1.82, 2.24) is 24.6 Å². The Morgan fingerprint density at radius 1 is 1.33 bits per heavy atom. The second-order valence-corrected chi connectivity index (χ2v) is 7.92. The predicted molar refractivity (Wildman–Crippen MR) is 115 cm³/mol. The summed E-state index contributed by atoms with van der Waals surface area (Å²) in [6.07, 6.45) is 7.44. The van der Waals surface area contributed by atoms with Gasteiger partial charge >= 0.3 is 5.69 Å². The number of nitrogens with one attached hydrogen (secondary N) is 3. The molecule has 0 amide bonds. The lowest BCUT2D eigenvalue weighted by Crippen LogP contribution is -2.19. The van der Waals surface area contributed by atoms with E-state index in [2.05, 4.69) is 32.5 Å². The highest BCUT2D eigenvalue weighted by molar-refractivity contribution is 7.98. The third-order valence-corrected chi connectivity index (χ3v) is 5.44. The van der Waals surface area contributed by atoms with E-state index < -0.39 is 5.69 Å². The van der Waals surface area contributed by atoms with Crippen LogP contribution in [0.15, 0.2) is 51.2 Å². The number of aromatic hydroxyl groups is 1. The zero-order valence-corrected chi connectivity index (χ0v) is 16.9. The summed E-state index contributed by atoms with van der Waals surface area (Å²) < 4.78 is 1.68. The molecule has 1 aromatic carbocycles. The summed E-state index contributed by atoms with van der Waals surface area (Å²) in [5, 5.41) is 18.3. The fourth-order valence-electron chi connectivity index (χ4n) is 3.11. The van der Waals surface area contributed by atoms with Crippen molar-refractivity contribution in [3.05, 3.63) is 63.4 Å². The van der Waals surface area contributed by atoms with Gasteiger partial charge in [0.05, 0.1) is 12.2 Å². The second-order valence-electron chi connectivity index (χ2n) is 7.04. The van der Waals surface area contributed by atoms with Gasteiger partial charge in [0.15, 0.2) is 11.1 Å². The van der Waals surface area contributed by atoms with E-state index in [1.165, 1.54) is 0 Å². The fraction of sp³-hybridized carbons (Fsp3) is 0.200. The van der Waals surface area contributed by atoms with Crippen molar-refractivity contribution in [3.8, 4) is 5.88 Å². The molecule has 0 atom stereocenters. The molecule has 0 aliphatic heterocycles. The summed E-state index contributed by atoms with van der Waals surface area (Å²) in [6, 6.07) is 10.3. The van der Waals surface area contributed by atoms with Gasteiger partial charge in [-0.1, -0.05) is 6.07 Å². The number of imidazole rings is 1. The maximum Gasteiger partial charge on any atom is 0.326 e. The van der Waals surface area contributed by atoms with Crippen LogP contribution in [0.5, 0.6) is 5.88 Å². The standard InChI is InChI=1S/C20H19N7O2S/c1-30-14-4-2-3-13(8-14)22-16-9-17(23-12-5-6-12)27-18(25-16)11(10-21-27)7-15-19(28)26-20(29)24-15/h2-4,7-10,12,22,28H,5-6H2,1H3,(H2,24,26,29)/b11-7+,23-17?. The van der Waals surface area contributed by atoms with Crippen LogP contribution in [0.25, 0.3) is 11.7 Å². The molecular formula is C20H19N7O2S. The molecule has 5 rings (SSSR count). The highest BCUT2D eigenvalue weighted by atomic mass is 32.2. The van der Waals surface area contributed by atoms with Crippen LogP contribution in [0.4, 0.5) is 11.5 Å².